The molecule has 0 bridgehead atoms. The molecule has 2 unspecified atom stereocenters. The quantitative estimate of drug-likeness (QED) is 0.128. The highest BCUT2D eigenvalue weighted by Gasteiger charge is 2.34. The van der Waals surface area contributed by atoms with Gasteiger partial charge in [-0.05, 0) is 101 Å². The zero-order valence-corrected chi connectivity index (χ0v) is 34.7. The Labute approximate surface area is 331 Å². The summed E-state index contributed by atoms with van der Waals surface area (Å²) in [6.45, 7) is 7.83. The van der Waals surface area contributed by atoms with E-state index in [1.165, 1.54) is 63.3 Å². The van der Waals surface area contributed by atoms with E-state index in [2.05, 4.69) is 26.6 Å². The van der Waals surface area contributed by atoms with Gasteiger partial charge in [-0.25, -0.2) is 12.8 Å². The van der Waals surface area contributed by atoms with Gasteiger partial charge in [0.05, 0.1) is 28.8 Å². The third-order valence-electron chi connectivity index (χ3n) is 12.1. The molecule has 0 aliphatic carbocycles. The smallest absolute Gasteiger partial charge is 0.210 e. The number of unbranched alkanes of at least 4 members (excludes halogenated alkanes) is 9. The van der Waals surface area contributed by atoms with Crippen molar-refractivity contribution in [1.29, 1.82) is 0 Å². The third kappa shape index (κ3) is 10.9. The number of hydrogen-bond donors (Lipinski definition) is 1. The molecule has 6 rings (SSSR count). The van der Waals surface area contributed by atoms with Crippen LogP contribution in [0.25, 0.3) is 10.9 Å². The van der Waals surface area contributed by atoms with Gasteiger partial charge in [0.1, 0.15) is 4.90 Å². The molecule has 1 aromatic heterocycles. The van der Waals surface area contributed by atoms with Crippen LogP contribution >= 0.6 is 0 Å². The fraction of sp³-hybridized carbons (Fsp3) is 0.651. The highest BCUT2D eigenvalue weighted by Crippen LogP contribution is 2.39. The molecule has 9 nitrogen and oxygen atoms in total. The van der Waals surface area contributed by atoms with E-state index in [4.69, 9.17) is 4.74 Å². The van der Waals surface area contributed by atoms with Gasteiger partial charge in [-0.15, -0.1) is 0 Å². The Morgan fingerprint density at radius 3 is 2.15 bits per heavy atom. The molecular formula is C43H63FN4O5S2. The number of halogens is 1. The number of aromatic nitrogens is 1. The molecule has 3 saturated heterocycles. The maximum absolute atomic E-state index is 15.4. The number of anilines is 1. The molecular weight excluding hydrogens is 736 g/mol. The number of likely N-dealkylation sites (tertiary alicyclic amines) is 2. The Kier molecular flexibility index (Phi) is 15.4. The highest BCUT2D eigenvalue weighted by molar-refractivity contribution is 7.91. The van der Waals surface area contributed by atoms with Crippen LogP contribution in [-0.2, 0) is 20.6 Å². The van der Waals surface area contributed by atoms with Crippen molar-refractivity contribution in [3.63, 3.8) is 0 Å². The van der Waals surface area contributed by atoms with Crippen molar-refractivity contribution in [2.45, 2.75) is 143 Å². The minimum atomic E-state index is -4.19. The van der Waals surface area contributed by atoms with Crippen LogP contribution < -0.4 is 9.64 Å². The van der Waals surface area contributed by atoms with Gasteiger partial charge in [-0.3, -0.25) is 14.1 Å². The normalized spacial score (nSPS) is 20.3. The molecule has 0 radical (unpaired) electrons. The molecule has 0 spiro atoms. The standard InChI is InChI=1S/C43H63FN4O5S2/c1-3-4-5-6-7-8-9-10-11-12-28-53-41-18-16-37(30-39(41)44)55(51,52)42-31-45-40-17-15-36(54(2)50)29-38(40)43(42)47-26-21-33(22-27-47)46-24-19-34(20-25-46)48-23-13-14-35(49)32-48/h15-18,29-31,33-35,49H,3-14,19-28,32H2,1-2H3. The number of nitrogens with zero attached hydrogens (tertiary/aromatic N) is 4. The molecule has 55 heavy (non-hydrogen) atoms. The van der Waals surface area contributed by atoms with Crippen molar-refractivity contribution in [2.75, 3.05) is 57.0 Å². The zero-order valence-electron chi connectivity index (χ0n) is 33.1. The van der Waals surface area contributed by atoms with Crippen molar-refractivity contribution in [2.24, 2.45) is 0 Å². The van der Waals surface area contributed by atoms with Crippen molar-refractivity contribution in [1.82, 2.24) is 14.8 Å². The van der Waals surface area contributed by atoms with E-state index in [1.54, 1.807) is 24.5 Å². The zero-order chi connectivity index (χ0) is 38.8. The van der Waals surface area contributed by atoms with Gasteiger partial charge in [0.25, 0.3) is 0 Å². The summed E-state index contributed by atoms with van der Waals surface area (Å²) in [5.74, 6) is -0.644. The van der Waals surface area contributed by atoms with Crippen LogP contribution in [0, 0.1) is 5.82 Å². The van der Waals surface area contributed by atoms with Gasteiger partial charge >= 0.3 is 0 Å². The van der Waals surface area contributed by atoms with Crippen molar-refractivity contribution < 1.29 is 26.9 Å². The van der Waals surface area contributed by atoms with E-state index in [0.29, 0.717) is 53.3 Å². The predicted octanol–water partition coefficient (Wildman–Crippen LogP) is 8.13. The number of piperidine rings is 3. The number of sulfone groups is 1. The number of pyridine rings is 1. The van der Waals surface area contributed by atoms with Crippen LogP contribution in [0.3, 0.4) is 0 Å². The molecule has 0 saturated carbocycles. The fourth-order valence-corrected chi connectivity index (χ4v) is 10.9. The second kappa shape index (κ2) is 20.2. The van der Waals surface area contributed by atoms with Crippen LogP contribution in [0.1, 0.15) is 110 Å². The molecule has 4 heterocycles. The van der Waals surface area contributed by atoms with E-state index in [0.717, 1.165) is 90.0 Å². The lowest BCUT2D eigenvalue weighted by molar-refractivity contribution is 0.0170. The van der Waals surface area contributed by atoms with Crippen LogP contribution in [0.2, 0.25) is 0 Å². The number of aliphatic hydroxyl groups is 1. The molecule has 0 amide bonds. The Bertz CT molecular complexity index is 1830. The first kappa shape index (κ1) is 42.0. The summed E-state index contributed by atoms with van der Waals surface area (Å²) < 4.78 is 62.6. The number of aliphatic hydroxyl groups excluding tert-OH is 1. The molecule has 3 fully saturated rings. The molecule has 3 aliphatic heterocycles. The van der Waals surface area contributed by atoms with Gasteiger partial charge in [-0.2, -0.15) is 0 Å². The molecule has 2 aromatic carbocycles. The van der Waals surface area contributed by atoms with Crippen molar-refractivity contribution in [3.05, 3.63) is 48.4 Å². The average Bonchev–Trinajstić information content (AvgIpc) is 3.19. The molecule has 2 atom stereocenters. The number of rotatable bonds is 18. The summed E-state index contributed by atoms with van der Waals surface area (Å²) in [7, 11) is -5.47. The van der Waals surface area contributed by atoms with Gasteiger partial charge in [0, 0.05) is 65.3 Å². The lowest BCUT2D eigenvalue weighted by atomic mass is 9.95. The van der Waals surface area contributed by atoms with Crippen molar-refractivity contribution in [3.8, 4) is 5.75 Å². The summed E-state index contributed by atoms with van der Waals surface area (Å²) >= 11 is 0. The van der Waals surface area contributed by atoms with E-state index in [9.17, 15) is 17.7 Å². The van der Waals surface area contributed by atoms with Gasteiger partial charge in [-0.1, -0.05) is 64.7 Å². The SMILES string of the molecule is CCCCCCCCCCCCOc1ccc(S(=O)(=O)c2cnc3ccc(S(C)=O)cc3c2N2CCC(N3CCC(N4CCCC(O)C4)CC3)CC2)cc1F. The van der Waals surface area contributed by atoms with Crippen LogP contribution in [-0.4, -0.2) is 103 Å². The second-order valence-electron chi connectivity index (χ2n) is 16.0. The number of ether oxygens (including phenoxy) is 1. The number of benzene rings is 2. The average molecular weight is 799 g/mol. The van der Waals surface area contributed by atoms with E-state index in [-0.39, 0.29) is 21.6 Å². The summed E-state index contributed by atoms with van der Waals surface area (Å²) in [6.07, 6.45) is 20.7. The Hall–Kier alpha value is -2.64. The topological polar surface area (TPSA) is 103 Å². The molecule has 304 valence electrons. The summed E-state index contributed by atoms with van der Waals surface area (Å²) in [5, 5.41) is 10.8. The third-order valence-corrected chi connectivity index (χ3v) is 14.8. The maximum Gasteiger partial charge on any atom is 0.210 e. The first-order chi connectivity index (χ1) is 26.7. The molecule has 12 heteroatoms. The lowest BCUT2D eigenvalue weighted by Crippen LogP contribution is -2.53. The molecule has 3 aromatic rings. The molecule has 1 N–H and O–H groups in total. The Morgan fingerprint density at radius 2 is 1.49 bits per heavy atom. The van der Waals surface area contributed by atoms with Gasteiger partial charge in [0.15, 0.2) is 11.6 Å². The first-order valence-electron chi connectivity index (χ1n) is 21.0. The predicted molar refractivity (Wildman–Crippen MR) is 220 cm³/mol. The van der Waals surface area contributed by atoms with Crippen LogP contribution in [0.4, 0.5) is 10.1 Å². The summed E-state index contributed by atoms with van der Waals surface area (Å²) in [5.41, 5.74) is 1.16. The lowest BCUT2D eigenvalue weighted by Gasteiger charge is -2.45. The molecule has 3 aliphatic rings. The van der Waals surface area contributed by atoms with Crippen molar-refractivity contribution >= 4 is 37.2 Å². The minimum absolute atomic E-state index is 0.0282. The highest BCUT2D eigenvalue weighted by atomic mass is 32.2. The Morgan fingerprint density at radius 1 is 0.836 bits per heavy atom. The second-order valence-corrected chi connectivity index (χ2v) is 19.3. The van der Waals surface area contributed by atoms with Crippen LogP contribution in [0.15, 0.2) is 57.3 Å². The van der Waals surface area contributed by atoms with E-state index < -0.39 is 26.5 Å². The van der Waals surface area contributed by atoms with E-state index in [1.807, 2.05) is 0 Å². The monoisotopic (exact) mass is 798 g/mol. The van der Waals surface area contributed by atoms with E-state index >= 15 is 4.39 Å². The fourth-order valence-electron chi connectivity index (χ4n) is 8.89. The number of fused-ring (bicyclic) bond motifs is 1. The number of β-amino-alcohol motifs (C(OH)–C–C–N with tert-alkyl or cyclic N) is 1. The minimum Gasteiger partial charge on any atom is -0.491 e. The largest absolute Gasteiger partial charge is 0.491 e. The van der Waals surface area contributed by atoms with Crippen LogP contribution in [0.5, 0.6) is 5.75 Å². The van der Waals surface area contributed by atoms with Gasteiger partial charge < -0.3 is 19.6 Å². The summed E-state index contributed by atoms with van der Waals surface area (Å²) in [6, 6.07) is 10.2. The maximum atomic E-state index is 15.4. The Balaban J connectivity index is 1.12. The first-order valence-corrected chi connectivity index (χ1v) is 24.0. The summed E-state index contributed by atoms with van der Waals surface area (Å²) in [4.78, 5) is 12.2. The number of hydrogen-bond acceptors (Lipinski definition) is 9. The van der Waals surface area contributed by atoms with Gasteiger partial charge in [0.2, 0.25) is 9.84 Å².